The van der Waals surface area contributed by atoms with E-state index in [1.165, 1.54) is 23.8 Å². The molecule has 2 amide bonds. The Morgan fingerprint density at radius 3 is 2.30 bits per heavy atom. The van der Waals surface area contributed by atoms with Gasteiger partial charge < -0.3 is 4.74 Å². The van der Waals surface area contributed by atoms with Gasteiger partial charge in [-0.1, -0.05) is 56.1 Å². The van der Waals surface area contributed by atoms with Crippen LogP contribution in [0, 0.1) is 0 Å². The van der Waals surface area contributed by atoms with Gasteiger partial charge in [-0.2, -0.15) is 0 Å². The number of nitrogens with one attached hydrogen (secondary N) is 2. The molecular formula is C20H22Cl2N2O3. The van der Waals surface area contributed by atoms with Gasteiger partial charge in [0.05, 0.1) is 10.6 Å². The van der Waals surface area contributed by atoms with Gasteiger partial charge in [0.25, 0.3) is 11.8 Å². The van der Waals surface area contributed by atoms with Crippen LogP contribution >= 0.6 is 23.2 Å². The third-order valence-corrected chi connectivity index (χ3v) is 4.93. The van der Waals surface area contributed by atoms with Gasteiger partial charge in [0.1, 0.15) is 5.75 Å². The monoisotopic (exact) mass is 408 g/mol. The minimum atomic E-state index is -0.545. The molecule has 0 aliphatic carbocycles. The van der Waals surface area contributed by atoms with Crippen LogP contribution < -0.4 is 15.6 Å². The molecule has 2 aromatic rings. The molecule has 0 atom stereocenters. The van der Waals surface area contributed by atoms with E-state index in [4.69, 9.17) is 27.9 Å². The highest BCUT2D eigenvalue weighted by Gasteiger charge is 2.17. The van der Waals surface area contributed by atoms with Crippen molar-refractivity contribution in [1.82, 2.24) is 10.9 Å². The molecule has 0 bridgehead atoms. The zero-order valence-corrected chi connectivity index (χ0v) is 16.9. The summed E-state index contributed by atoms with van der Waals surface area (Å²) in [5.74, 6) is -0.463. The van der Waals surface area contributed by atoms with Crippen LogP contribution in [0.1, 0.15) is 43.1 Å². The van der Waals surface area contributed by atoms with Crippen molar-refractivity contribution in [2.75, 3.05) is 6.61 Å². The quantitative estimate of drug-likeness (QED) is 0.690. The smallest absolute Gasteiger partial charge is 0.276 e. The summed E-state index contributed by atoms with van der Waals surface area (Å²) in [5, 5.41) is 0.614. The maximum Gasteiger partial charge on any atom is 0.276 e. The summed E-state index contributed by atoms with van der Waals surface area (Å²) < 4.78 is 5.44. The zero-order chi connectivity index (χ0) is 20.0. The van der Waals surface area contributed by atoms with Crippen molar-refractivity contribution in [2.24, 2.45) is 0 Å². The highest BCUT2D eigenvalue weighted by atomic mass is 35.5. The van der Waals surface area contributed by atoms with Gasteiger partial charge >= 0.3 is 0 Å². The second-order valence-corrected chi connectivity index (χ2v) is 7.52. The van der Waals surface area contributed by atoms with Crippen molar-refractivity contribution in [3.05, 3.63) is 63.6 Å². The summed E-state index contributed by atoms with van der Waals surface area (Å²) in [7, 11) is 0. The average Bonchev–Trinajstić information content (AvgIpc) is 2.64. The number of hydrazine groups is 1. The second-order valence-electron chi connectivity index (χ2n) is 6.68. The minimum Gasteiger partial charge on any atom is -0.484 e. The summed E-state index contributed by atoms with van der Waals surface area (Å²) in [5.41, 5.74) is 6.06. The molecule has 0 spiro atoms. The molecule has 0 saturated heterocycles. The van der Waals surface area contributed by atoms with Crippen molar-refractivity contribution in [1.29, 1.82) is 0 Å². The van der Waals surface area contributed by atoms with Gasteiger partial charge in [-0.3, -0.25) is 20.4 Å². The third-order valence-electron chi connectivity index (χ3n) is 4.38. The first-order valence-corrected chi connectivity index (χ1v) is 9.26. The lowest BCUT2D eigenvalue weighted by Crippen LogP contribution is -2.43. The van der Waals surface area contributed by atoms with Crippen LogP contribution in [-0.4, -0.2) is 18.4 Å². The Labute approximate surface area is 169 Å². The predicted molar refractivity (Wildman–Crippen MR) is 107 cm³/mol. The first-order chi connectivity index (χ1) is 12.7. The molecule has 2 aromatic carbocycles. The van der Waals surface area contributed by atoms with Crippen molar-refractivity contribution >= 4 is 35.0 Å². The molecule has 7 heteroatoms. The second kappa shape index (κ2) is 9.11. The summed E-state index contributed by atoms with van der Waals surface area (Å²) in [6, 6.07) is 12.1. The number of amides is 2. The van der Waals surface area contributed by atoms with Crippen LogP contribution in [0.25, 0.3) is 0 Å². The molecule has 2 N–H and O–H groups in total. The lowest BCUT2D eigenvalue weighted by atomic mass is 9.82. The van der Waals surface area contributed by atoms with E-state index in [1.807, 2.05) is 24.3 Å². The summed E-state index contributed by atoms with van der Waals surface area (Å²) in [6.45, 7) is 6.25. The van der Waals surface area contributed by atoms with Crippen LogP contribution in [0.2, 0.25) is 10.0 Å². The predicted octanol–water partition coefficient (Wildman–Crippen LogP) is 4.52. The molecule has 27 heavy (non-hydrogen) atoms. The van der Waals surface area contributed by atoms with Crippen LogP contribution in [-0.2, 0) is 10.2 Å². The maximum absolute atomic E-state index is 12.0. The normalized spacial score (nSPS) is 11.0. The minimum absolute atomic E-state index is 0.0864. The van der Waals surface area contributed by atoms with Gasteiger partial charge in [-0.15, -0.1) is 0 Å². The van der Waals surface area contributed by atoms with E-state index in [0.29, 0.717) is 10.8 Å². The van der Waals surface area contributed by atoms with Crippen molar-refractivity contribution in [2.45, 2.75) is 32.6 Å². The largest absolute Gasteiger partial charge is 0.484 e. The number of rotatable bonds is 6. The molecule has 0 heterocycles. The Balaban J connectivity index is 1.83. The van der Waals surface area contributed by atoms with Gasteiger partial charge in [-0.05, 0) is 47.7 Å². The number of halogens is 2. The number of hydrogen-bond donors (Lipinski definition) is 2. The Bertz CT molecular complexity index is 820. The van der Waals surface area contributed by atoms with Gasteiger partial charge in [0.15, 0.2) is 6.61 Å². The molecule has 0 fully saturated rings. The fourth-order valence-electron chi connectivity index (χ4n) is 2.26. The maximum atomic E-state index is 12.0. The Kier molecular flexibility index (Phi) is 7.11. The molecule has 5 nitrogen and oxygen atoms in total. The van der Waals surface area contributed by atoms with E-state index in [1.54, 1.807) is 0 Å². The molecule has 2 rings (SSSR count). The van der Waals surface area contributed by atoms with E-state index in [-0.39, 0.29) is 22.6 Å². The highest BCUT2D eigenvalue weighted by Crippen LogP contribution is 2.28. The van der Waals surface area contributed by atoms with Gasteiger partial charge in [-0.25, -0.2) is 0 Å². The molecule has 144 valence electrons. The van der Waals surface area contributed by atoms with Crippen molar-refractivity contribution in [3.63, 3.8) is 0 Å². The Hall–Kier alpha value is -2.24. The molecule has 0 aliphatic heterocycles. The first kappa shape index (κ1) is 21.1. The molecule has 0 radical (unpaired) electrons. The van der Waals surface area contributed by atoms with Crippen LogP contribution in [0.3, 0.4) is 0 Å². The number of benzene rings is 2. The van der Waals surface area contributed by atoms with Gasteiger partial charge in [0.2, 0.25) is 0 Å². The SMILES string of the molecule is CCC(C)(C)c1ccc(OCC(=O)NNC(=O)c2ccc(Cl)cc2Cl)cc1. The lowest BCUT2D eigenvalue weighted by molar-refractivity contribution is -0.123. The summed E-state index contributed by atoms with van der Waals surface area (Å²) in [4.78, 5) is 23.9. The van der Waals surface area contributed by atoms with Crippen LogP contribution in [0.15, 0.2) is 42.5 Å². The zero-order valence-electron chi connectivity index (χ0n) is 15.4. The fraction of sp³-hybridized carbons (Fsp3) is 0.300. The van der Waals surface area contributed by atoms with Gasteiger partial charge in [0, 0.05) is 5.02 Å². The standard InChI is InChI=1S/C20H22Cl2N2O3/c1-4-20(2,3)13-5-8-15(9-6-13)27-12-18(25)23-24-19(26)16-10-7-14(21)11-17(16)22/h5-11H,4,12H2,1-3H3,(H,23,25)(H,24,26). The van der Waals surface area contributed by atoms with E-state index in [9.17, 15) is 9.59 Å². The fourth-order valence-corrected chi connectivity index (χ4v) is 2.75. The summed E-state index contributed by atoms with van der Waals surface area (Å²) in [6.07, 6.45) is 1.02. The van der Waals surface area contributed by atoms with E-state index >= 15 is 0 Å². The Morgan fingerprint density at radius 2 is 1.70 bits per heavy atom. The highest BCUT2D eigenvalue weighted by molar-refractivity contribution is 6.36. The number of carbonyl (C=O) groups excluding carboxylic acids is 2. The third kappa shape index (κ3) is 5.88. The Morgan fingerprint density at radius 1 is 1.04 bits per heavy atom. The first-order valence-electron chi connectivity index (χ1n) is 8.50. The van der Waals surface area contributed by atoms with E-state index in [2.05, 4.69) is 31.6 Å². The number of ether oxygens (including phenoxy) is 1. The van der Waals surface area contributed by atoms with E-state index < -0.39 is 11.8 Å². The number of hydrogen-bond acceptors (Lipinski definition) is 3. The van der Waals surface area contributed by atoms with Crippen LogP contribution in [0.5, 0.6) is 5.75 Å². The molecule has 0 aromatic heterocycles. The van der Waals surface area contributed by atoms with Crippen LogP contribution in [0.4, 0.5) is 0 Å². The number of carbonyl (C=O) groups is 2. The average molecular weight is 409 g/mol. The summed E-state index contributed by atoms with van der Waals surface area (Å²) >= 11 is 11.7. The molecule has 0 saturated carbocycles. The topological polar surface area (TPSA) is 67.4 Å². The van der Waals surface area contributed by atoms with Crippen molar-refractivity contribution in [3.8, 4) is 5.75 Å². The van der Waals surface area contributed by atoms with Crippen molar-refractivity contribution < 1.29 is 14.3 Å². The molecule has 0 unspecified atom stereocenters. The molecule has 0 aliphatic rings. The van der Waals surface area contributed by atoms with E-state index in [0.717, 1.165) is 6.42 Å². The molecular weight excluding hydrogens is 387 g/mol. The lowest BCUT2D eigenvalue weighted by Gasteiger charge is -2.23.